The first kappa shape index (κ1) is 19.9. The van der Waals surface area contributed by atoms with Crippen LogP contribution in [0.4, 0.5) is 10.5 Å². The molecule has 0 radical (unpaired) electrons. The first-order chi connectivity index (χ1) is 14.5. The molecule has 1 spiro atoms. The van der Waals surface area contributed by atoms with Gasteiger partial charge in [-0.1, -0.05) is 12.1 Å². The predicted molar refractivity (Wildman–Crippen MR) is 110 cm³/mol. The number of hydrogen-bond acceptors (Lipinski definition) is 6. The van der Waals surface area contributed by atoms with Crippen molar-refractivity contribution in [3.8, 4) is 23.0 Å². The van der Waals surface area contributed by atoms with Gasteiger partial charge in [-0.3, -0.25) is 4.79 Å². The molecule has 1 unspecified atom stereocenters. The van der Waals surface area contributed by atoms with Crippen LogP contribution in [0.1, 0.15) is 23.2 Å². The highest BCUT2D eigenvalue weighted by atomic mass is 16.5. The second-order valence-electron chi connectivity index (χ2n) is 7.40. The molecule has 8 nitrogen and oxygen atoms in total. The lowest BCUT2D eigenvalue weighted by Crippen LogP contribution is -2.45. The van der Waals surface area contributed by atoms with Gasteiger partial charge in [0.2, 0.25) is 5.75 Å². The van der Waals surface area contributed by atoms with E-state index in [0.29, 0.717) is 53.8 Å². The van der Waals surface area contributed by atoms with Crippen LogP contribution in [0.3, 0.4) is 0 Å². The maximum absolute atomic E-state index is 12.9. The van der Waals surface area contributed by atoms with Gasteiger partial charge < -0.3 is 29.2 Å². The van der Waals surface area contributed by atoms with Gasteiger partial charge in [-0.05, 0) is 12.1 Å². The lowest BCUT2D eigenvalue weighted by molar-refractivity contribution is 0.0482. The molecule has 2 aliphatic heterocycles. The van der Waals surface area contributed by atoms with Crippen LogP contribution in [0.5, 0.6) is 23.0 Å². The highest BCUT2D eigenvalue weighted by Gasteiger charge is 2.47. The number of amides is 2. The third kappa shape index (κ3) is 3.49. The van der Waals surface area contributed by atoms with E-state index in [2.05, 4.69) is 5.32 Å². The molecule has 0 aliphatic carbocycles. The lowest BCUT2D eigenvalue weighted by Gasteiger charge is -2.34. The summed E-state index contributed by atoms with van der Waals surface area (Å²) in [7, 11) is 4.55. The van der Waals surface area contributed by atoms with Crippen molar-refractivity contribution in [3.63, 3.8) is 0 Å². The molecular formula is C22H24N2O6. The van der Waals surface area contributed by atoms with Crippen molar-refractivity contribution in [1.82, 2.24) is 4.90 Å². The standard InChI is InChI=1S/C22H24N2O6/c1-27-18-10-14(11-19(28-2)20(18)29-3)23-21(26)24-9-8-22(13-24)12-16(25)15-6-4-5-7-17(15)30-22/h4-7,10-11H,8-9,12-13H2,1-3H3,(H,23,26). The zero-order chi connectivity index (χ0) is 21.3. The number of Topliss-reactive ketones (excluding diaryl/α,β-unsaturated/α-hetero) is 1. The van der Waals surface area contributed by atoms with Gasteiger partial charge >= 0.3 is 6.03 Å². The normalized spacial score (nSPS) is 19.8. The molecule has 158 valence electrons. The summed E-state index contributed by atoms with van der Waals surface area (Å²) in [6.07, 6.45) is 0.855. The molecule has 4 rings (SSSR count). The van der Waals surface area contributed by atoms with E-state index in [-0.39, 0.29) is 18.2 Å². The predicted octanol–water partition coefficient (Wildman–Crippen LogP) is 3.35. The summed E-state index contributed by atoms with van der Waals surface area (Å²) in [5, 5.41) is 2.87. The minimum atomic E-state index is -0.682. The Morgan fingerprint density at radius 2 is 1.80 bits per heavy atom. The molecular weight excluding hydrogens is 388 g/mol. The topological polar surface area (TPSA) is 86.3 Å². The van der Waals surface area contributed by atoms with E-state index in [1.165, 1.54) is 21.3 Å². The van der Waals surface area contributed by atoms with Crippen LogP contribution in [-0.4, -0.2) is 56.7 Å². The number of carbonyl (C=O) groups excluding carboxylic acids is 2. The smallest absolute Gasteiger partial charge is 0.321 e. The number of urea groups is 1. The third-order valence-corrected chi connectivity index (χ3v) is 5.52. The number of hydrogen-bond donors (Lipinski definition) is 1. The summed E-state index contributed by atoms with van der Waals surface area (Å²) in [5.41, 5.74) is 0.433. The number of nitrogens with zero attached hydrogens (tertiary/aromatic N) is 1. The van der Waals surface area contributed by atoms with Gasteiger partial charge in [0, 0.05) is 25.1 Å². The Hall–Kier alpha value is -3.42. The average molecular weight is 412 g/mol. The summed E-state index contributed by atoms with van der Waals surface area (Å²) < 4.78 is 22.2. The van der Waals surface area contributed by atoms with Gasteiger partial charge in [0.05, 0.1) is 45.5 Å². The largest absolute Gasteiger partial charge is 0.493 e. The second-order valence-corrected chi connectivity index (χ2v) is 7.40. The van der Waals surface area contributed by atoms with E-state index in [0.717, 1.165) is 0 Å². The van der Waals surface area contributed by atoms with E-state index in [1.807, 2.05) is 12.1 Å². The Labute approximate surface area is 174 Å². The van der Waals surface area contributed by atoms with Crippen LogP contribution in [0, 0.1) is 0 Å². The molecule has 2 heterocycles. The highest BCUT2D eigenvalue weighted by Crippen LogP contribution is 2.41. The number of rotatable bonds is 4. The fraction of sp³-hybridized carbons (Fsp3) is 0.364. The van der Waals surface area contributed by atoms with Crippen molar-refractivity contribution in [2.24, 2.45) is 0 Å². The zero-order valence-corrected chi connectivity index (χ0v) is 17.2. The third-order valence-electron chi connectivity index (χ3n) is 5.52. The number of methoxy groups -OCH3 is 3. The van der Waals surface area contributed by atoms with E-state index >= 15 is 0 Å². The summed E-state index contributed by atoms with van der Waals surface area (Å²) in [6, 6.07) is 10.3. The number of likely N-dealkylation sites (tertiary alicyclic amines) is 1. The van der Waals surface area contributed by atoms with Crippen LogP contribution in [0.2, 0.25) is 0 Å². The molecule has 1 N–H and O–H groups in total. The SMILES string of the molecule is COc1cc(NC(=O)N2CCC3(CC(=O)c4ccccc4O3)C2)cc(OC)c1OC. The van der Waals surface area contributed by atoms with E-state index in [4.69, 9.17) is 18.9 Å². The summed E-state index contributed by atoms with van der Waals surface area (Å²) in [5.74, 6) is 1.97. The van der Waals surface area contributed by atoms with E-state index in [9.17, 15) is 9.59 Å². The van der Waals surface area contributed by atoms with Crippen molar-refractivity contribution in [2.75, 3.05) is 39.7 Å². The molecule has 1 atom stereocenters. The Bertz CT molecular complexity index is 966. The Balaban J connectivity index is 1.49. The second kappa shape index (κ2) is 7.78. The molecule has 2 amide bonds. The maximum atomic E-state index is 12.9. The van der Waals surface area contributed by atoms with E-state index in [1.54, 1.807) is 29.2 Å². The molecule has 2 aliphatic rings. The monoisotopic (exact) mass is 412 g/mol. The first-order valence-electron chi connectivity index (χ1n) is 9.66. The average Bonchev–Trinajstić information content (AvgIpc) is 3.15. The zero-order valence-electron chi connectivity index (χ0n) is 17.2. The summed E-state index contributed by atoms with van der Waals surface area (Å²) >= 11 is 0. The van der Waals surface area contributed by atoms with Gasteiger partial charge in [0.15, 0.2) is 17.3 Å². The van der Waals surface area contributed by atoms with Gasteiger partial charge in [0.25, 0.3) is 0 Å². The molecule has 8 heteroatoms. The Morgan fingerprint density at radius 1 is 1.10 bits per heavy atom. The van der Waals surface area contributed by atoms with Crippen molar-refractivity contribution in [2.45, 2.75) is 18.4 Å². The summed E-state index contributed by atoms with van der Waals surface area (Å²) in [6.45, 7) is 0.828. The fourth-order valence-electron chi connectivity index (χ4n) is 4.04. The number of ketones is 1. The molecule has 0 saturated carbocycles. The Kier molecular flexibility index (Phi) is 5.15. The van der Waals surface area contributed by atoms with Crippen molar-refractivity contribution < 1.29 is 28.5 Å². The number of fused-ring (bicyclic) bond motifs is 1. The fourth-order valence-corrected chi connectivity index (χ4v) is 4.04. The lowest BCUT2D eigenvalue weighted by atomic mass is 9.89. The molecule has 0 bridgehead atoms. The number of nitrogens with one attached hydrogen (secondary N) is 1. The molecule has 0 aromatic heterocycles. The molecule has 30 heavy (non-hydrogen) atoms. The number of anilines is 1. The molecule has 2 aromatic rings. The van der Waals surface area contributed by atoms with Crippen LogP contribution < -0.4 is 24.3 Å². The van der Waals surface area contributed by atoms with Gasteiger partial charge in [0.1, 0.15) is 11.4 Å². The Morgan fingerprint density at radius 3 is 2.47 bits per heavy atom. The van der Waals surface area contributed by atoms with Crippen LogP contribution in [-0.2, 0) is 0 Å². The van der Waals surface area contributed by atoms with Crippen molar-refractivity contribution in [3.05, 3.63) is 42.0 Å². The highest BCUT2D eigenvalue weighted by molar-refractivity contribution is 6.00. The first-order valence-corrected chi connectivity index (χ1v) is 9.66. The van der Waals surface area contributed by atoms with Gasteiger partial charge in [-0.15, -0.1) is 0 Å². The number of carbonyl (C=O) groups is 2. The minimum absolute atomic E-state index is 0.0451. The van der Waals surface area contributed by atoms with Crippen LogP contribution >= 0.6 is 0 Å². The molecule has 1 saturated heterocycles. The molecule has 1 fully saturated rings. The van der Waals surface area contributed by atoms with Gasteiger partial charge in [-0.25, -0.2) is 4.79 Å². The van der Waals surface area contributed by atoms with Crippen molar-refractivity contribution in [1.29, 1.82) is 0 Å². The van der Waals surface area contributed by atoms with Crippen LogP contribution in [0.25, 0.3) is 0 Å². The number of para-hydroxylation sites is 1. The number of ether oxygens (including phenoxy) is 4. The van der Waals surface area contributed by atoms with Crippen LogP contribution in [0.15, 0.2) is 36.4 Å². The minimum Gasteiger partial charge on any atom is -0.493 e. The maximum Gasteiger partial charge on any atom is 0.321 e. The number of benzene rings is 2. The molecule has 2 aromatic carbocycles. The quantitative estimate of drug-likeness (QED) is 0.829. The van der Waals surface area contributed by atoms with Crippen molar-refractivity contribution >= 4 is 17.5 Å². The summed E-state index contributed by atoms with van der Waals surface area (Å²) in [4.78, 5) is 27.1. The van der Waals surface area contributed by atoms with E-state index < -0.39 is 5.60 Å². The van der Waals surface area contributed by atoms with Gasteiger partial charge in [-0.2, -0.15) is 0 Å².